The molecule has 0 unspecified atom stereocenters. The van der Waals surface area contributed by atoms with Crippen molar-refractivity contribution >= 4 is 7.85 Å². The monoisotopic (exact) mass is 130 g/mol. The van der Waals surface area contributed by atoms with Crippen molar-refractivity contribution < 1.29 is 0 Å². The van der Waals surface area contributed by atoms with Crippen molar-refractivity contribution in [2.75, 3.05) is 0 Å². The van der Waals surface area contributed by atoms with Crippen molar-refractivity contribution in [2.24, 2.45) is 0 Å². The lowest BCUT2D eigenvalue weighted by Crippen LogP contribution is -1.88. The molecule has 0 aliphatic rings. The van der Waals surface area contributed by atoms with Crippen LogP contribution in [-0.4, -0.2) is 12.8 Å². The molecule has 1 rings (SSSR count). The van der Waals surface area contributed by atoms with Crippen LogP contribution in [0.3, 0.4) is 0 Å². The fourth-order valence-electron chi connectivity index (χ4n) is 0.700. The molecule has 0 aromatic carbocycles. The van der Waals surface area contributed by atoms with Crippen LogP contribution in [0.25, 0.3) is 0 Å². The predicted molar refractivity (Wildman–Crippen MR) is 41.2 cm³/mol. The topological polar surface area (TPSA) is 36.7 Å². The number of pyridine rings is 1. The molecule has 1 heterocycles. The molecule has 1 aromatic heterocycles. The van der Waals surface area contributed by atoms with Gasteiger partial charge in [-0.15, -0.1) is 0 Å². The van der Waals surface area contributed by atoms with Crippen LogP contribution in [0.2, 0.25) is 0 Å². The van der Waals surface area contributed by atoms with E-state index in [2.05, 4.69) is 4.98 Å². The highest BCUT2D eigenvalue weighted by Gasteiger charge is 1.90. The number of hydrogen-bond acceptors (Lipinski definition) is 2. The van der Waals surface area contributed by atoms with Crippen LogP contribution < -0.4 is 0 Å². The maximum atomic E-state index is 8.41. The number of aromatic nitrogens is 1. The molecular weight excluding hydrogens is 123 g/mol. The zero-order chi connectivity index (χ0) is 7.40. The standard InChI is InChI=1S/C7H7BN2/c8-3-7-2-1-6(4-9)5-10-7/h1-2,5H,3,8H2. The summed E-state index contributed by atoms with van der Waals surface area (Å²) < 4.78 is 0. The summed E-state index contributed by atoms with van der Waals surface area (Å²) in [5, 5.41) is 8.41. The van der Waals surface area contributed by atoms with Gasteiger partial charge in [0.25, 0.3) is 0 Å². The van der Waals surface area contributed by atoms with Gasteiger partial charge in [-0.05, 0) is 18.5 Å². The Hall–Kier alpha value is -1.30. The van der Waals surface area contributed by atoms with Gasteiger partial charge < -0.3 is 0 Å². The summed E-state index contributed by atoms with van der Waals surface area (Å²) >= 11 is 0. The molecular formula is C7H7BN2. The van der Waals surface area contributed by atoms with Gasteiger partial charge in [0.2, 0.25) is 0 Å². The minimum absolute atomic E-state index is 0.622. The average molecular weight is 130 g/mol. The lowest BCUT2D eigenvalue weighted by Gasteiger charge is -1.92. The molecule has 0 N–H and O–H groups in total. The van der Waals surface area contributed by atoms with Gasteiger partial charge in [-0.2, -0.15) is 5.26 Å². The highest BCUT2D eigenvalue weighted by atomic mass is 14.7. The normalized spacial score (nSPS) is 8.70. The van der Waals surface area contributed by atoms with Crippen LogP contribution in [0, 0.1) is 11.3 Å². The molecule has 0 bridgehead atoms. The molecule has 0 amide bonds. The highest BCUT2D eigenvalue weighted by molar-refractivity contribution is 6.08. The van der Waals surface area contributed by atoms with Crippen molar-refractivity contribution in [1.29, 1.82) is 5.26 Å². The van der Waals surface area contributed by atoms with Gasteiger partial charge in [0.15, 0.2) is 0 Å². The van der Waals surface area contributed by atoms with E-state index in [-0.39, 0.29) is 0 Å². The fourth-order valence-corrected chi connectivity index (χ4v) is 0.700. The van der Waals surface area contributed by atoms with Gasteiger partial charge in [-0.25, -0.2) is 0 Å². The van der Waals surface area contributed by atoms with Crippen molar-refractivity contribution in [3.05, 3.63) is 29.6 Å². The summed E-state index contributed by atoms with van der Waals surface area (Å²) in [5.74, 6) is 0. The van der Waals surface area contributed by atoms with Gasteiger partial charge in [-0.3, -0.25) is 4.98 Å². The first kappa shape index (κ1) is 6.82. The Bertz CT molecular complexity index is 247. The molecule has 0 atom stereocenters. The lowest BCUT2D eigenvalue weighted by atomic mass is 10.0. The Kier molecular flexibility index (Phi) is 2.06. The van der Waals surface area contributed by atoms with Gasteiger partial charge >= 0.3 is 0 Å². The summed E-state index contributed by atoms with van der Waals surface area (Å²) in [5.41, 5.74) is 1.65. The minimum Gasteiger partial charge on any atom is -0.261 e. The first-order chi connectivity index (χ1) is 4.86. The van der Waals surface area contributed by atoms with Crippen LogP contribution in [0.15, 0.2) is 18.3 Å². The van der Waals surface area contributed by atoms with Crippen molar-refractivity contribution in [3.8, 4) is 6.07 Å². The quantitative estimate of drug-likeness (QED) is 0.505. The number of rotatable bonds is 1. The molecule has 0 saturated heterocycles. The Balaban J connectivity index is 2.93. The molecule has 1 aromatic rings. The van der Waals surface area contributed by atoms with Crippen LogP contribution in [-0.2, 0) is 6.32 Å². The van der Waals surface area contributed by atoms with E-state index in [0.29, 0.717) is 5.56 Å². The Labute approximate surface area is 60.9 Å². The maximum Gasteiger partial charge on any atom is 0.109 e. The second kappa shape index (κ2) is 3.02. The van der Waals surface area contributed by atoms with Crippen LogP contribution >= 0.6 is 0 Å². The predicted octanol–water partition coefficient (Wildman–Crippen LogP) is 0.0864. The SMILES string of the molecule is BCc1ccc(C#N)cn1. The molecule has 0 saturated carbocycles. The van der Waals surface area contributed by atoms with E-state index >= 15 is 0 Å². The highest BCUT2D eigenvalue weighted by Crippen LogP contribution is 1.97. The van der Waals surface area contributed by atoms with E-state index in [9.17, 15) is 0 Å². The van der Waals surface area contributed by atoms with E-state index in [1.807, 2.05) is 20.0 Å². The second-order valence-electron chi connectivity index (χ2n) is 2.00. The van der Waals surface area contributed by atoms with E-state index in [1.165, 1.54) is 0 Å². The molecule has 0 spiro atoms. The van der Waals surface area contributed by atoms with E-state index in [4.69, 9.17) is 5.26 Å². The number of nitriles is 1. The van der Waals surface area contributed by atoms with Crippen molar-refractivity contribution in [2.45, 2.75) is 6.32 Å². The molecule has 0 aliphatic carbocycles. The third kappa shape index (κ3) is 1.35. The second-order valence-corrected chi connectivity index (χ2v) is 2.00. The summed E-state index contributed by atoms with van der Waals surface area (Å²) in [4.78, 5) is 4.05. The van der Waals surface area contributed by atoms with Crippen LogP contribution in [0.5, 0.6) is 0 Å². The Morgan fingerprint density at radius 1 is 1.60 bits per heavy atom. The van der Waals surface area contributed by atoms with Gasteiger partial charge in [0, 0.05) is 11.9 Å². The third-order valence-corrected chi connectivity index (χ3v) is 1.32. The lowest BCUT2D eigenvalue weighted by molar-refractivity contribution is 1.16. The molecule has 3 heteroatoms. The summed E-state index contributed by atoms with van der Waals surface area (Å²) in [6.07, 6.45) is 2.52. The molecule has 0 radical (unpaired) electrons. The number of hydrogen-bond donors (Lipinski definition) is 0. The molecule has 0 fully saturated rings. The summed E-state index contributed by atoms with van der Waals surface area (Å²) in [7, 11) is 2.04. The van der Waals surface area contributed by atoms with Crippen LogP contribution in [0.1, 0.15) is 11.3 Å². The smallest absolute Gasteiger partial charge is 0.109 e. The minimum atomic E-state index is 0.622. The number of nitrogens with zero attached hydrogens (tertiary/aromatic N) is 2. The Morgan fingerprint density at radius 2 is 2.40 bits per heavy atom. The van der Waals surface area contributed by atoms with Crippen LogP contribution in [0.4, 0.5) is 0 Å². The summed E-state index contributed by atoms with van der Waals surface area (Å²) in [6.45, 7) is 0. The van der Waals surface area contributed by atoms with E-state index in [0.717, 1.165) is 12.0 Å². The third-order valence-electron chi connectivity index (χ3n) is 1.32. The fraction of sp³-hybridized carbons (Fsp3) is 0.143. The maximum absolute atomic E-state index is 8.41. The van der Waals surface area contributed by atoms with Gasteiger partial charge in [0.05, 0.1) is 5.56 Å². The zero-order valence-corrected chi connectivity index (χ0v) is 5.83. The van der Waals surface area contributed by atoms with Crippen molar-refractivity contribution in [3.63, 3.8) is 0 Å². The first-order valence-corrected chi connectivity index (χ1v) is 3.22. The Morgan fingerprint density at radius 3 is 2.80 bits per heavy atom. The average Bonchev–Trinajstić information content (AvgIpc) is 2.05. The van der Waals surface area contributed by atoms with E-state index < -0.39 is 0 Å². The molecule has 0 aliphatic heterocycles. The van der Waals surface area contributed by atoms with E-state index in [1.54, 1.807) is 12.3 Å². The molecule has 10 heavy (non-hydrogen) atoms. The zero-order valence-electron chi connectivity index (χ0n) is 5.83. The first-order valence-electron chi connectivity index (χ1n) is 3.22. The molecule has 2 nitrogen and oxygen atoms in total. The van der Waals surface area contributed by atoms with Gasteiger partial charge in [0.1, 0.15) is 13.9 Å². The molecule has 48 valence electrons. The van der Waals surface area contributed by atoms with Crippen molar-refractivity contribution in [1.82, 2.24) is 4.98 Å². The largest absolute Gasteiger partial charge is 0.261 e. The summed E-state index contributed by atoms with van der Waals surface area (Å²) in [6, 6.07) is 5.67. The van der Waals surface area contributed by atoms with Gasteiger partial charge in [-0.1, -0.05) is 0 Å².